The maximum Gasteiger partial charge on any atom is 0.0823 e. The summed E-state index contributed by atoms with van der Waals surface area (Å²) in [6, 6.07) is 0.615. The van der Waals surface area contributed by atoms with Gasteiger partial charge in [-0.15, -0.1) is 0 Å². The second-order valence-corrected chi connectivity index (χ2v) is 2.96. The number of methoxy groups -OCH3 is 1. The third-order valence-electron chi connectivity index (χ3n) is 2.13. The van der Waals surface area contributed by atoms with E-state index in [1.54, 1.807) is 7.11 Å². The molecule has 3 nitrogen and oxygen atoms in total. The van der Waals surface area contributed by atoms with Crippen LogP contribution in [0.5, 0.6) is 0 Å². The fraction of sp³-hybridized carbons (Fsp3) is 1.00. The Kier molecular flexibility index (Phi) is 3.83. The normalized spacial score (nSPS) is 32.2. The molecule has 1 heterocycles. The Morgan fingerprint density at radius 1 is 1.64 bits per heavy atom. The molecule has 0 bridgehead atoms. The van der Waals surface area contributed by atoms with Gasteiger partial charge in [0.25, 0.3) is 0 Å². The van der Waals surface area contributed by atoms with E-state index in [9.17, 15) is 0 Å². The topological polar surface area (TPSA) is 30.5 Å². The maximum absolute atomic E-state index is 5.49. The molecule has 1 saturated heterocycles. The van der Waals surface area contributed by atoms with E-state index >= 15 is 0 Å². The highest BCUT2D eigenvalue weighted by atomic mass is 16.5. The monoisotopic (exact) mass is 159 g/mol. The molecule has 11 heavy (non-hydrogen) atoms. The summed E-state index contributed by atoms with van der Waals surface area (Å²) < 4.78 is 10.5. The molecule has 2 unspecified atom stereocenters. The molecular weight excluding hydrogens is 142 g/mol. The second-order valence-electron chi connectivity index (χ2n) is 2.96. The van der Waals surface area contributed by atoms with Crippen molar-refractivity contribution in [2.24, 2.45) is 0 Å². The Balaban J connectivity index is 2.21. The van der Waals surface area contributed by atoms with Crippen molar-refractivity contribution in [2.75, 3.05) is 27.4 Å². The summed E-state index contributed by atoms with van der Waals surface area (Å²) >= 11 is 0. The first kappa shape index (κ1) is 8.97. The lowest BCUT2D eigenvalue weighted by Gasteiger charge is -2.28. The lowest BCUT2D eigenvalue weighted by Crippen LogP contribution is -2.38. The fourth-order valence-electron chi connectivity index (χ4n) is 1.44. The van der Waals surface area contributed by atoms with Crippen LogP contribution in [0.4, 0.5) is 0 Å². The lowest BCUT2D eigenvalue weighted by atomic mass is 10.0. The summed E-state index contributed by atoms with van der Waals surface area (Å²) in [5, 5.41) is 3.26. The van der Waals surface area contributed by atoms with Crippen LogP contribution >= 0.6 is 0 Å². The minimum atomic E-state index is 0.297. The molecule has 0 aromatic rings. The standard InChI is InChI=1S/C8H17NO2/c1-9-7-3-4-11-8(5-7)6-10-2/h7-9H,3-6H2,1-2H3. The van der Waals surface area contributed by atoms with E-state index in [1.807, 2.05) is 7.05 Å². The molecule has 66 valence electrons. The van der Waals surface area contributed by atoms with E-state index in [-0.39, 0.29) is 0 Å². The van der Waals surface area contributed by atoms with E-state index in [4.69, 9.17) is 9.47 Å². The smallest absolute Gasteiger partial charge is 0.0823 e. The van der Waals surface area contributed by atoms with E-state index < -0.39 is 0 Å². The summed E-state index contributed by atoms with van der Waals surface area (Å²) in [6.45, 7) is 1.58. The molecule has 0 aliphatic carbocycles. The van der Waals surface area contributed by atoms with Gasteiger partial charge in [0.1, 0.15) is 0 Å². The van der Waals surface area contributed by atoms with Crippen LogP contribution < -0.4 is 5.32 Å². The third kappa shape index (κ3) is 2.77. The van der Waals surface area contributed by atoms with Gasteiger partial charge in [0, 0.05) is 19.8 Å². The molecule has 1 N–H and O–H groups in total. The summed E-state index contributed by atoms with van der Waals surface area (Å²) in [4.78, 5) is 0. The van der Waals surface area contributed by atoms with E-state index in [2.05, 4.69) is 5.32 Å². The molecule has 0 aromatic carbocycles. The Labute approximate surface area is 68.1 Å². The first-order valence-electron chi connectivity index (χ1n) is 4.14. The lowest BCUT2D eigenvalue weighted by molar-refractivity contribution is -0.0384. The van der Waals surface area contributed by atoms with E-state index in [0.29, 0.717) is 12.1 Å². The first-order valence-corrected chi connectivity index (χ1v) is 4.14. The summed E-state index contributed by atoms with van der Waals surface area (Å²) in [5.41, 5.74) is 0. The Bertz CT molecular complexity index is 106. The molecule has 1 rings (SSSR count). The summed E-state index contributed by atoms with van der Waals surface area (Å²) in [6.07, 6.45) is 2.49. The zero-order valence-corrected chi connectivity index (χ0v) is 7.30. The van der Waals surface area contributed by atoms with Gasteiger partial charge < -0.3 is 14.8 Å². The van der Waals surface area contributed by atoms with Crippen LogP contribution in [0.15, 0.2) is 0 Å². The van der Waals surface area contributed by atoms with Crippen LogP contribution in [0.25, 0.3) is 0 Å². The Morgan fingerprint density at radius 3 is 3.09 bits per heavy atom. The van der Waals surface area contributed by atoms with Crippen LogP contribution in [-0.2, 0) is 9.47 Å². The second kappa shape index (κ2) is 4.70. The third-order valence-corrected chi connectivity index (χ3v) is 2.13. The minimum absolute atomic E-state index is 0.297. The van der Waals surface area contributed by atoms with Crippen LogP contribution in [0.1, 0.15) is 12.8 Å². The average molecular weight is 159 g/mol. The molecule has 2 atom stereocenters. The number of hydrogen-bond donors (Lipinski definition) is 1. The Hall–Kier alpha value is -0.120. The van der Waals surface area contributed by atoms with Crippen LogP contribution in [0.2, 0.25) is 0 Å². The van der Waals surface area contributed by atoms with Crippen LogP contribution in [0, 0.1) is 0 Å². The van der Waals surface area contributed by atoms with Gasteiger partial charge in [0.15, 0.2) is 0 Å². The molecule has 0 radical (unpaired) electrons. The van der Waals surface area contributed by atoms with E-state index in [1.165, 1.54) is 0 Å². The number of rotatable bonds is 3. The van der Waals surface area contributed by atoms with Crippen molar-refractivity contribution >= 4 is 0 Å². The number of hydrogen-bond acceptors (Lipinski definition) is 3. The van der Waals surface area contributed by atoms with E-state index in [0.717, 1.165) is 26.1 Å². The molecule has 1 aliphatic rings. The highest BCUT2D eigenvalue weighted by molar-refractivity contribution is 4.74. The summed E-state index contributed by atoms with van der Waals surface area (Å²) in [7, 11) is 3.71. The highest BCUT2D eigenvalue weighted by Crippen LogP contribution is 2.13. The van der Waals surface area contributed by atoms with Gasteiger partial charge >= 0.3 is 0 Å². The number of nitrogens with one attached hydrogen (secondary N) is 1. The molecule has 0 aromatic heterocycles. The molecular formula is C8H17NO2. The molecule has 3 heteroatoms. The first-order chi connectivity index (χ1) is 5.36. The van der Waals surface area contributed by atoms with Crippen molar-refractivity contribution in [1.82, 2.24) is 5.32 Å². The molecule has 0 saturated carbocycles. The van der Waals surface area contributed by atoms with Crippen molar-refractivity contribution in [1.29, 1.82) is 0 Å². The van der Waals surface area contributed by atoms with Gasteiger partial charge in [0.2, 0.25) is 0 Å². The Morgan fingerprint density at radius 2 is 2.45 bits per heavy atom. The zero-order chi connectivity index (χ0) is 8.10. The number of ether oxygens (including phenoxy) is 2. The SMILES string of the molecule is CNC1CCOC(COC)C1. The van der Waals surface area contributed by atoms with Gasteiger partial charge in [0.05, 0.1) is 12.7 Å². The van der Waals surface area contributed by atoms with Gasteiger partial charge in [-0.2, -0.15) is 0 Å². The van der Waals surface area contributed by atoms with Crippen molar-refractivity contribution in [3.05, 3.63) is 0 Å². The van der Waals surface area contributed by atoms with Crippen molar-refractivity contribution in [2.45, 2.75) is 25.0 Å². The van der Waals surface area contributed by atoms with Crippen LogP contribution in [0.3, 0.4) is 0 Å². The van der Waals surface area contributed by atoms with Gasteiger partial charge in [-0.1, -0.05) is 0 Å². The highest BCUT2D eigenvalue weighted by Gasteiger charge is 2.20. The average Bonchev–Trinajstić information content (AvgIpc) is 2.06. The molecule has 0 spiro atoms. The predicted molar refractivity (Wildman–Crippen MR) is 43.7 cm³/mol. The van der Waals surface area contributed by atoms with Crippen molar-refractivity contribution in [3.63, 3.8) is 0 Å². The van der Waals surface area contributed by atoms with Crippen LogP contribution in [-0.4, -0.2) is 39.5 Å². The minimum Gasteiger partial charge on any atom is -0.382 e. The predicted octanol–water partition coefficient (Wildman–Crippen LogP) is 0.400. The van der Waals surface area contributed by atoms with Crippen molar-refractivity contribution in [3.8, 4) is 0 Å². The molecule has 0 amide bonds. The molecule has 1 fully saturated rings. The van der Waals surface area contributed by atoms with Gasteiger partial charge in [-0.25, -0.2) is 0 Å². The zero-order valence-electron chi connectivity index (χ0n) is 7.30. The van der Waals surface area contributed by atoms with Gasteiger partial charge in [-0.05, 0) is 19.9 Å². The molecule has 1 aliphatic heterocycles. The fourth-order valence-corrected chi connectivity index (χ4v) is 1.44. The maximum atomic E-state index is 5.49. The van der Waals surface area contributed by atoms with Gasteiger partial charge in [-0.3, -0.25) is 0 Å². The summed E-state index contributed by atoms with van der Waals surface area (Å²) in [5.74, 6) is 0. The van der Waals surface area contributed by atoms with Crippen molar-refractivity contribution < 1.29 is 9.47 Å². The quantitative estimate of drug-likeness (QED) is 0.646. The largest absolute Gasteiger partial charge is 0.382 e.